The van der Waals surface area contributed by atoms with Gasteiger partial charge in [-0.2, -0.15) is 0 Å². The maximum absolute atomic E-state index is 13.4. The second-order valence-electron chi connectivity index (χ2n) is 7.36. The molecule has 0 saturated heterocycles. The minimum Gasteiger partial charge on any atom is -0.450 e. The molecule has 4 nitrogen and oxygen atoms in total. The molecule has 148 valence electrons. The highest BCUT2D eigenvalue weighted by Gasteiger charge is 2.42. The van der Waals surface area contributed by atoms with E-state index in [0.717, 1.165) is 15.6 Å². The van der Waals surface area contributed by atoms with Gasteiger partial charge in [-0.25, -0.2) is 0 Å². The van der Waals surface area contributed by atoms with Gasteiger partial charge >= 0.3 is 0 Å². The zero-order valence-corrected chi connectivity index (χ0v) is 17.6. The molecule has 4 aromatic rings. The van der Waals surface area contributed by atoms with E-state index < -0.39 is 6.04 Å². The van der Waals surface area contributed by atoms with Gasteiger partial charge < -0.3 is 9.32 Å². The van der Waals surface area contributed by atoms with Crippen molar-refractivity contribution < 1.29 is 9.21 Å². The standard InChI is InChI=1S/C25H18BrNO3/c26-18-12-10-17(11-13-18)22-21-23(28)19-8-4-5-9-20(19)30-24(21)25(29)27(22)15-14-16-6-2-1-3-7-16/h1-13,22H,14-15H2/t22-/m1/s1. The van der Waals surface area contributed by atoms with E-state index >= 15 is 0 Å². The molecule has 0 fully saturated rings. The van der Waals surface area contributed by atoms with Crippen LogP contribution in [0.3, 0.4) is 0 Å². The van der Waals surface area contributed by atoms with Crippen molar-refractivity contribution >= 4 is 32.8 Å². The summed E-state index contributed by atoms with van der Waals surface area (Å²) in [7, 11) is 0. The Morgan fingerprint density at radius 3 is 2.33 bits per heavy atom. The van der Waals surface area contributed by atoms with Crippen LogP contribution in [0.2, 0.25) is 0 Å². The topological polar surface area (TPSA) is 50.5 Å². The number of benzene rings is 3. The van der Waals surface area contributed by atoms with Crippen LogP contribution >= 0.6 is 15.9 Å². The Labute approximate surface area is 181 Å². The van der Waals surface area contributed by atoms with Crippen LogP contribution in [0, 0.1) is 0 Å². The number of hydrogen-bond donors (Lipinski definition) is 0. The molecule has 1 aliphatic heterocycles. The second kappa shape index (κ2) is 7.58. The third-order valence-corrected chi connectivity index (χ3v) is 6.07. The Balaban J connectivity index is 1.64. The maximum Gasteiger partial charge on any atom is 0.290 e. The Morgan fingerprint density at radius 1 is 0.867 bits per heavy atom. The lowest BCUT2D eigenvalue weighted by Gasteiger charge is -2.25. The summed E-state index contributed by atoms with van der Waals surface area (Å²) in [5, 5.41) is 0.496. The zero-order chi connectivity index (χ0) is 20.7. The molecule has 0 spiro atoms. The van der Waals surface area contributed by atoms with Crippen LogP contribution in [-0.2, 0) is 6.42 Å². The molecule has 1 atom stereocenters. The summed E-state index contributed by atoms with van der Waals surface area (Å²) in [5.41, 5.74) is 2.75. The predicted octanol–water partition coefficient (Wildman–Crippen LogP) is 5.34. The number of nitrogens with zero attached hydrogens (tertiary/aromatic N) is 1. The van der Waals surface area contributed by atoms with Gasteiger partial charge in [0.25, 0.3) is 5.91 Å². The number of rotatable bonds is 4. The van der Waals surface area contributed by atoms with Gasteiger partial charge in [0.2, 0.25) is 5.76 Å². The highest BCUT2D eigenvalue weighted by molar-refractivity contribution is 9.10. The fraction of sp³-hybridized carbons (Fsp3) is 0.120. The van der Waals surface area contributed by atoms with E-state index in [9.17, 15) is 9.59 Å². The number of fused-ring (bicyclic) bond motifs is 2. The van der Waals surface area contributed by atoms with Crippen LogP contribution in [0.1, 0.15) is 33.3 Å². The highest BCUT2D eigenvalue weighted by Crippen LogP contribution is 2.38. The van der Waals surface area contributed by atoms with Gasteiger partial charge in [0.05, 0.1) is 17.0 Å². The normalized spacial score (nSPS) is 15.6. The van der Waals surface area contributed by atoms with E-state index in [0.29, 0.717) is 29.5 Å². The molecular weight excluding hydrogens is 442 g/mol. The van der Waals surface area contributed by atoms with E-state index in [1.807, 2.05) is 60.7 Å². The first kappa shape index (κ1) is 18.8. The van der Waals surface area contributed by atoms with Gasteiger partial charge in [-0.05, 0) is 41.8 Å². The van der Waals surface area contributed by atoms with Gasteiger partial charge in [-0.1, -0.05) is 70.5 Å². The lowest BCUT2D eigenvalue weighted by Crippen LogP contribution is -2.31. The summed E-state index contributed by atoms with van der Waals surface area (Å²) in [6, 6.07) is 24.4. The molecule has 2 heterocycles. The average molecular weight is 460 g/mol. The Hall–Kier alpha value is -3.18. The SMILES string of the molecule is O=C1c2oc3ccccc3c(=O)c2[C@@H](c2ccc(Br)cc2)N1CCc1ccccc1. The molecule has 0 N–H and O–H groups in total. The third-order valence-electron chi connectivity index (χ3n) is 5.54. The molecule has 0 unspecified atom stereocenters. The minimum absolute atomic E-state index is 0.143. The van der Waals surface area contributed by atoms with Gasteiger partial charge in [0, 0.05) is 11.0 Å². The molecule has 30 heavy (non-hydrogen) atoms. The number of para-hydroxylation sites is 1. The fourth-order valence-corrected chi connectivity index (χ4v) is 4.35. The summed E-state index contributed by atoms with van der Waals surface area (Å²) in [4.78, 5) is 28.5. The predicted molar refractivity (Wildman–Crippen MR) is 120 cm³/mol. The summed E-state index contributed by atoms with van der Waals surface area (Å²) < 4.78 is 6.90. The second-order valence-corrected chi connectivity index (χ2v) is 8.27. The van der Waals surface area contributed by atoms with E-state index in [1.54, 1.807) is 23.1 Å². The third kappa shape index (κ3) is 3.15. The maximum atomic E-state index is 13.4. The molecule has 0 radical (unpaired) electrons. The number of halogens is 1. The van der Waals surface area contributed by atoms with Gasteiger partial charge in [0.15, 0.2) is 5.43 Å². The summed E-state index contributed by atoms with van der Waals surface area (Å²) in [6.45, 7) is 0.490. The summed E-state index contributed by atoms with van der Waals surface area (Å²) in [6.07, 6.45) is 0.696. The van der Waals surface area contributed by atoms with Crippen LogP contribution in [0.4, 0.5) is 0 Å². The molecule has 0 saturated carbocycles. The average Bonchev–Trinajstić information content (AvgIpc) is 3.06. The van der Waals surface area contributed by atoms with Gasteiger partial charge in [-0.3, -0.25) is 9.59 Å². The first-order valence-electron chi connectivity index (χ1n) is 9.79. The van der Waals surface area contributed by atoms with Crippen molar-refractivity contribution in [3.63, 3.8) is 0 Å². The number of hydrogen-bond acceptors (Lipinski definition) is 3. The van der Waals surface area contributed by atoms with Crippen molar-refractivity contribution in [2.75, 3.05) is 6.54 Å². The first-order chi connectivity index (χ1) is 14.6. The smallest absolute Gasteiger partial charge is 0.290 e. The van der Waals surface area contributed by atoms with Crippen LogP contribution in [0.5, 0.6) is 0 Å². The Bertz CT molecular complexity index is 1300. The first-order valence-corrected chi connectivity index (χ1v) is 10.6. The van der Waals surface area contributed by atoms with Crippen molar-refractivity contribution in [1.29, 1.82) is 0 Å². The number of carbonyl (C=O) groups excluding carboxylic acids is 1. The Kier molecular flexibility index (Phi) is 4.75. The Morgan fingerprint density at radius 2 is 1.57 bits per heavy atom. The summed E-state index contributed by atoms with van der Waals surface area (Å²) >= 11 is 3.46. The van der Waals surface area contributed by atoms with Crippen LogP contribution < -0.4 is 5.43 Å². The highest BCUT2D eigenvalue weighted by atomic mass is 79.9. The molecule has 0 bridgehead atoms. The van der Waals surface area contributed by atoms with E-state index in [-0.39, 0.29) is 17.1 Å². The molecule has 5 rings (SSSR count). The van der Waals surface area contributed by atoms with Crippen molar-refractivity contribution in [2.24, 2.45) is 0 Å². The van der Waals surface area contributed by atoms with Crippen molar-refractivity contribution in [2.45, 2.75) is 12.5 Å². The molecule has 0 aliphatic carbocycles. The molecule has 1 aromatic heterocycles. The number of amides is 1. The van der Waals surface area contributed by atoms with E-state index in [4.69, 9.17) is 4.42 Å². The fourth-order valence-electron chi connectivity index (χ4n) is 4.08. The monoisotopic (exact) mass is 459 g/mol. The lowest BCUT2D eigenvalue weighted by atomic mass is 9.98. The molecular formula is C25H18BrNO3. The van der Waals surface area contributed by atoms with Crippen molar-refractivity contribution in [1.82, 2.24) is 4.90 Å². The lowest BCUT2D eigenvalue weighted by molar-refractivity contribution is 0.0730. The van der Waals surface area contributed by atoms with E-state index in [1.165, 1.54) is 0 Å². The molecule has 1 amide bonds. The van der Waals surface area contributed by atoms with Gasteiger partial charge in [-0.15, -0.1) is 0 Å². The minimum atomic E-state index is -0.467. The molecule has 3 aromatic carbocycles. The van der Waals surface area contributed by atoms with Crippen molar-refractivity contribution in [3.05, 3.63) is 116 Å². The van der Waals surface area contributed by atoms with Crippen LogP contribution in [-0.4, -0.2) is 17.4 Å². The zero-order valence-electron chi connectivity index (χ0n) is 16.0. The molecule has 5 heteroatoms. The molecule has 1 aliphatic rings. The summed E-state index contributed by atoms with van der Waals surface area (Å²) in [5.74, 6) is -0.0867. The van der Waals surface area contributed by atoms with Gasteiger partial charge in [0.1, 0.15) is 5.58 Å². The van der Waals surface area contributed by atoms with Crippen molar-refractivity contribution in [3.8, 4) is 0 Å². The van der Waals surface area contributed by atoms with Crippen LogP contribution in [0.25, 0.3) is 11.0 Å². The number of carbonyl (C=O) groups is 1. The quantitative estimate of drug-likeness (QED) is 0.413. The largest absolute Gasteiger partial charge is 0.450 e. The van der Waals surface area contributed by atoms with Crippen LogP contribution in [0.15, 0.2) is 92.5 Å². The van der Waals surface area contributed by atoms with E-state index in [2.05, 4.69) is 15.9 Å².